The number of carbonyl (C=O) groups excluding carboxylic acids is 1. The Balaban J connectivity index is 2.39. The number of hydrogen-bond donors (Lipinski definition) is 1. The van der Waals surface area contributed by atoms with Crippen LogP contribution in [0.5, 0.6) is 0 Å². The molecule has 0 spiro atoms. The van der Waals surface area contributed by atoms with Gasteiger partial charge < -0.3 is 5.32 Å². The van der Waals surface area contributed by atoms with Gasteiger partial charge in [-0.25, -0.2) is 4.68 Å². The standard InChI is InChI=1S/C13H14ClN3O/c1-9(2)13(18)16-11-8-10(14)4-5-12(11)17-7-3-6-15-17/h3-9H,1-2H3,(H,16,18). The molecule has 1 aromatic heterocycles. The van der Waals surface area contributed by atoms with Crippen LogP contribution in [-0.4, -0.2) is 15.7 Å². The average Bonchev–Trinajstić information content (AvgIpc) is 2.82. The Labute approximate surface area is 111 Å². The van der Waals surface area contributed by atoms with E-state index >= 15 is 0 Å². The maximum atomic E-state index is 11.8. The molecule has 1 aromatic carbocycles. The maximum Gasteiger partial charge on any atom is 0.226 e. The van der Waals surface area contributed by atoms with Crippen LogP contribution in [0.15, 0.2) is 36.7 Å². The van der Waals surface area contributed by atoms with Gasteiger partial charge in [-0.1, -0.05) is 25.4 Å². The van der Waals surface area contributed by atoms with Gasteiger partial charge in [-0.3, -0.25) is 4.79 Å². The summed E-state index contributed by atoms with van der Waals surface area (Å²) in [6.07, 6.45) is 3.50. The summed E-state index contributed by atoms with van der Waals surface area (Å²) in [7, 11) is 0. The fourth-order valence-electron chi connectivity index (χ4n) is 1.50. The molecule has 0 radical (unpaired) electrons. The zero-order chi connectivity index (χ0) is 13.1. The molecular formula is C13H14ClN3O. The number of amides is 1. The predicted octanol–water partition coefficient (Wildman–Crippen LogP) is 3.12. The Morgan fingerprint density at radius 1 is 1.44 bits per heavy atom. The second kappa shape index (κ2) is 5.23. The molecule has 2 aromatic rings. The van der Waals surface area contributed by atoms with Crippen molar-refractivity contribution in [3.63, 3.8) is 0 Å². The second-order valence-corrected chi connectivity index (χ2v) is 4.69. The molecule has 1 amide bonds. The van der Waals surface area contributed by atoms with E-state index in [1.807, 2.05) is 32.2 Å². The van der Waals surface area contributed by atoms with Crippen LogP contribution < -0.4 is 5.32 Å². The van der Waals surface area contributed by atoms with Gasteiger partial charge in [0.05, 0.1) is 11.4 Å². The largest absolute Gasteiger partial charge is 0.324 e. The van der Waals surface area contributed by atoms with E-state index < -0.39 is 0 Å². The first-order valence-electron chi connectivity index (χ1n) is 5.68. The van der Waals surface area contributed by atoms with Gasteiger partial charge in [-0.2, -0.15) is 5.10 Å². The molecule has 0 saturated heterocycles. The van der Waals surface area contributed by atoms with E-state index in [0.29, 0.717) is 10.7 Å². The molecule has 0 unspecified atom stereocenters. The highest BCUT2D eigenvalue weighted by molar-refractivity contribution is 6.31. The lowest BCUT2D eigenvalue weighted by molar-refractivity contribution is -0.118. The van der Waals surface area contributed by atoms with E-state index in [2.05, 4.69) is 10.4 Å². The van der Waals surface area contributed by atoms with Gasteiger partial charge in [-0.15, -0.1) is 0 Å². The smallest absolute Gasteiger partial charge is 0.226 e. The quantitative estimate of drug-likeness (QED) is 0.925. The van der Waals surface area contributed by atoms with Crippen LogP contribution in [0.25, 0.3) is 5.69 Å². The van der Waals surface area contributed by atoms with Crippen molar-refractivity contribution in [3.05, 3.63) is 41.7 Å². The number of hydrogen-bond acceptors (Lipinski definition) is 2. The van der Waals surface area contributed by atoms with E-state index in [9.17, 15) is 4.79 Å². The van der Waals surface area contributed by atoms with Crippen molar-refractivity contribution in [2.75, 3.05) is 5.32 Å². The second-order valence-electron chi connectivity index (χ2n) is 4.26. The summed E-state index contributed by atoms with van der Waals surface area (Å²) in [4.78, 5) is 11.8. The molecule has 18 heavy (non-hydrogen) atoms. The summed E-state index contributed by atoms with van der Waals surface area (Å²) in [6, 6.07) is 7.14. The molecule has 2 rings (SSSR count). The van der Waals surface area contributed by atoms with Crippen LogP contribution in [0.1, 0.15) is 13.8 Å². The van der Waals surface area contributed by atoms with Crippen LogP contribution >= 0.6 is 11.6 Å². The van der Waals surface area contributed by atoms with Crippen LogP contribution in [0, 0.1) is 5.92 Å². The van der Waals surface area contributed by atoms with Crippen LogP contribution in [0.3, 0.4) is 0 Å². The first kappa shape index (κ1) is 12.6. The highest BCUT2D eigenvalue weighted by Gasteiger charge is 2.12. The highest BCUT2D eigenvalue weighted by atomic mass is 35.5. The van der Waals surface area contributed by atoms with E-state index in [0.717, 1.165) is 5.69 Å². The minimum Gasteiger partial charge on any atom is -0.324 e. The predicted molar refractivity (Wildman–Crippen MR) is 72.0 cm³/mol. The van der Waals surface area contributed by atoms with E-state index in [4.69, 9.17) is 11.6 Å². The lowest BCUT2D eigenvalue weighted by atomic mass is 10.2. The third kappa shape index (κ3) is 2.71. The van der Waals surface area contributed by atoms with Gasteiger partial charge in [0.25, 0.3) is 0 Å². The van der Waals surface area contributed by atoms with E-state index in [-0.39, 0.29) is 11.8 Å². The summed E-state index contributed by atoms with van der Waals surface area (Å²) >= 11 is 5.96. The topological polar surface area (TPSA) is 46.9 Å². The molecule has 0 bridgehead atoms. The molecule has 0 aliphatic carbocycles. The average molecular weight is 264 g/mol. The SMILES string of the molecule is CC(C)C(=O)Nc1cc(Cl)ccc1-n1cccn1. The fraction of sp³-hybridized carbons (Fsp3) is 0.231. The molecule has 4 nitrogen and oxygen atoms in total. The number of anilines is 1. The highest BCUT2D eigenvalue weighted by Crippen LogP contribution is 2.24. The third-order valence-corrected chi connectivity index (χ3v) is 2.73. The van der Waals surface area contributed by atoms with Gasteiger partial charge in [0.15, 0.2) is 0 Å². The molecule has 5 heteroatoms. The fourth-order valence-corrected chi connectivity index (χ4v) is 1.67. The van der Waals surface area contributed by atoms with Gasteiger partial charge in [0.1, 0.15) is 0 Å². The summed E-state index contributed by atoms with van der Waals surface area (Å²) < 4.78 is 1.69. The Bertz CT molecular complexity index is 549. The van der Waals surface area contributed by atoms with Crippen molar-refractivity contribution in [2.24, 2.45) is 5.92 Å². The molecule has 94 valence electrons. The zero-order valence-electron chi connectivity index (χ0n) is 10.2. The van der Waals surface area contributed by atoms with Crippen molar-refractivity contribution in [1.82, 2.24) is 9.78 Å². The first-order chi connectivity index (χ1) is 8.58. The Morgan fingerprint density at radius 2 is 2.22 bits per heavy atom. The third-order valence-electron chi connectivity index (χ3n) is 2.49. The van der Waals surface area contributed by atoms with Gasteiger partial charge >= 0.3 is 0 Å². The number of carbonyl (C=O) groups is 1. The normalized spacial score (nSPS) is 10.7. The van der Waals surface area contributed by atoms with Gasteiger partial charge in [-0.05, 0) is 24.3 Å². The van der Waals surface area contributed by atoms with Gasteiger partial charge in [0, 0.05) is 23.3 Å². The Kier molecular flexibility index (Phi) is 3.67. The van der Waals surface area contributed by atoms with Crippen LogP contribution in [-0.2, 0) is 4.79 Å². The van der Waals surface area contributed by atoms with Crippen LogP contribution in [0.4, 0.5) is 5.69 Å². The number of rotatable bonds is 3. The lowest BCUT2D eigenvalue weighted by Crippen LogP contribution is -2.19. The molecule has 0 fully saturated rings. The molecule has 1 N–H and O–H groups in total. The number of nitrogens with zero attached hydrogens (tertiary/aromatic N) is 2. The first-order valence-corrected chi connectivity index (χ1v) is 6.06. The molecule has 0 saturated carbocycles. The molecule has 0 aliphatic rings. The van der Waals surface area contributed by atoms with Crippen LogP contribution in [0.2, 0.25) is 5.02 Å². The summed E-state index contributed by atoms with van der Waals surface area (Å²) in [5.41, 5.74) is 1.45. The molecule has 0 aliphatic heterocycles. The van der Waals surface area contributed by atoms with E-state index in [1.54, 1.807) is 23.0 Å². The van der Waals surface area contributed by atoms with E-state index in [1.165, 1.54) is 0 Å². The van der Waals surface area contributed by atoms with Crippen molar-refractivity contribution >= 4 is 23.2 Å². The van der Waals surface area contributed by atoms with Crippen molar-refractivity contribution in [1.29, 1.82) is 0 Å². The number of halogens is 1. The summed E-state index contributed by atoms with van der Waals surface area (Å²) in [6.45, 7) is 3.68. The molecular weight excluding hydrogens is 250 g/mol. The minimum absolute atomic E-state index is 0.0503. The summed E-state index contributed by atoms with van der Waals surface area (Å²) in [5, 5.41) is 7.58. The Hall–Kier alpha value is -1.81. The summed E-state index contributed by atoms with van der Waals surface area (Å²) in [5.74, 6) is -0.139. The number of nitrogens with one attached hydrogen (secondary N) is 1. The molecule has 0 atom stereocenters. The maximum absolute atomic E-state index is 11.8. The monoisotopic (exact) mass is 263 g/mol. The number of aromatic nitrogens is 2. The van der Waals surface area contributed by atoms with Crippen molar-refractivity contribution < 1.29 is 4.79 Å². The zero-order valence-corrected chi connectivity index (χ0v) is 11.0. The molecule has 1 heterocycles. The van der Waals surface area contributed by atoms with Crippen molar-refractivity contribution in [2.45, 2.75) is 13.8 Å². The lowest BCUT2D eigenvalue weighted by Gasteiger charge is -2.13. The van der Waals surface area contributed by atoms with Crippen molar-refractivity contribution in [3.8, 4) is 5.69 Å². The minimum atomic E-state index is -0.0885. The number of benzene rings is 1. The van der Waals surface area contributed by atoms with Gasteiger partial charge in [0.2, 0.25) is 5.91 Å². The Morgan fingerprint density at radius 3 is 2.83 bits per heavy atom.